The number of piperidine rings is 1. The van der Waals surface area contributed by atoms with E-state index in [2.05, 4.69) is 37.1 Å². The minimum absolute atomic E-state index is 0.315. The molecular formula is C19H28N2O2. The van der Waals surface area contributed by atoms with Crippen LogP contribution in [-0.2, 0) is 11.3 Å². The van der Waals surface area contributed by atoms with E-state index in [9.17, 15) is 4.79 Å². The number of likely N-dealkylation sites (tertiary alicyclic amines) is 1. The third-order valence-corrected chi connectivity index (χ3v) is 5.67. The largest absolute Gasteiger partial charge is 0.496 e. The number of benzene rings is 1. The van der Waals surface area contributed by atoms with Gasteiger partial charge in [-0.25, -0.2) is 0 Å². The molecule has 1 saturated heterocycles. The van der Waals surface area contributed by atoms with Gasteiger partial charge in [-0.3, -0.25) is 9.69 Å². The zero-order chi connectivity index (χ0) is 16.6. The normalized spacial score (nSPS) is 27.4. The molecular weight excluding hydrogens is 288 g/mol. The molecule has 0 aromatic heterocycles. The molecule has 0 N–H and O–H groups in total. The maximum Gasteiger partial charge on any atom is 0.222 e. The maximum absolute atomic E-state index is 11.9. The van der Waals surface area contributed by atoms with E-state index in [1.54, 1.807) is 7.11 Å². The molecule has 126 valence electrons. The number of aryl methyl sites for hydroxylation is 1. The Morgan fingerprint density at radius 2 is 2.04 bits per heavy atom. The lowest BCUT2D eigenvalue weighted by Crippen LogP contribution is -2.39. The van der Waals surface area contributed by atoms with Crippen LogP contribution in [0.15, 0.2) is 18.2 Å². The first-order chi connectivity index (χ1) is 11.0. The van der Waals surface area contributed by atoms with Crippen molar-refractivity contribution in [3.63, 3.8) is 0 Å². The van der Waals surface area contributed by atoms with E-state index in [-0.39, 0.29) is 0 Å². The van der Waals surface area contributed by atoms with Crippen LogP contribution < -0.4 is 4.74 Å². The van der Waals surface area contributed by atoms with Gasteiger partial charge in [0.1, 0.15) is 5.75 Å². The molecule has 1 amide bonds. The van der Waals surface area contributed by atoms with Gasteiger partial charge in [0.25, 0.3) is 0 Å². The molecule has 3 rings (SSSR count). The fourth-order valence-corrected chi connectivity index (χ4v) is 4.23. The lowest BCUT2D eigenvalue weighted by atomic mass is 9.88. The van der Waals surface area contributed by atoms with E-state index < -0.39 is 0 Å². The summed E-state index contributed by atoms with van der Waals surface area (Å²) >= 11 is 0. The Morgan fingerprint density at radius 1 is 1.30 bits per heavy atom. The second-order valence-electron chi connectivity index (χ2n) is 7.35. The molecule has 2 fully saturated rings. The number of nitrogens with zero attached hydrogens (tertiary/aromatic N) is 2. The minimum atomic E-state index is 0.315. The van der Waals surface area contributed by atoms with Gasteiger partial charge in [-0.1, -0.05) is 12.1 Å². The number of fused-ring (bicyclic) bond motifs is 1. The molecule has 2 aliphatic rings. The van der Waals surface area contributed by atoms with Gasteiger partial charge in [-0.05, 0) is 50.3 Å². The number of carbonyl (C=O) groups is 1. The monoisotopic (exact) mass is 316 g/mol. The fraction of sp³-hybridized carbons (Fsp3) is 0.632. The molecule has 4 nitrogen and oxygen atoms in total. The summed E-state index contributed by atoms with van der Waals surface area (Å²) < 4.78 is 5.53. The molecule has 4 heteroatoms. The molecule has 23 heavy (non-hydrogen) atoms. The van der Waals surface area contributed by atoms with Crippen LogP contribution in [0.3, 0.4) is 0 Å². The highest BCUT2D eigenvalue weighted by Gasteiger charge is 2.41. The van der Waals surface area contributed by atoms with Crippen molar-refractivity contribution in [3.8, 4) is 5.75 Å². The van der Waals surface area contributed by atoms with Crippen molar-refractivity contribution < 1.29 is 9.53 Å². The van der Waals surface area contributed by atoms with Crippen LogP contribution in [0.25, 0.3) is 0 Å². The Kier molecular flexibility index (Phi) is 4.62. The summed E-state index contributed by atoms with van der Waals surface area (Å²) in [5.74, 6) is 2.54. The zero-order valence-corrected chi connectivity index (χ0v) is 14.7. The second-order valence-corrected chi connectivity index (χ2v) is 7.35. The summed E-state index contributed by atoms with van der Waals surface area (Å²) in [6, 6.07) is 6.98. The number of rotatable bonds is 4. The van der Waals surface area contributed by atoms with Crippen molar-refractivity contribution in [1.82, 2.24) is 9.80 Å². The van der Waals surface area contributed by atoms with Crippen LogP contribution in [0.1, 0.15) is 30.4 Å². The van der Waals surface area contributed by atoms with Gasteiger partial charge >= 0.3 is 0 Å². The highest BCUT2D eigenvalue weighted by atomic mass is 16.5. The number of methoxy groups -OCH3 is 1. The highest BCUT2D eigenvalue weighted by Crippen LogP contribution is 2.40. The van der Waals surface area contributed by atoms with Crippen LogP contribution in [0.4, 0.5) is 0 Å². The first kappa shape index (κ1) is 16.3. The van der Waals surface area contributed by atoms with Crippen molar-refractivity contribution in [2.45, 2.75) is 38.8 Å². The van der Waals surface area contributed by atoms with Crippen LogP contribution >= 0.6 is 0 Å². The molecule has 1 aromatic carbocycles. The lowest BCUT2D eigenvalue weighted by Gasteiger charge is -2.31. The van der Waals surface area contributed by atoms with Crippen LogP contribution in [0, 0.1) is 18.8 Å². The Balaban J connectivity index is 1.66. The summed E-state index contributed by atoms with van der Waals surface area (Å²) in [5, 5.41) is 0. The summed E-state index contributed by atoms with van der Waals surface area (Å²) in [6.07, 6.45) is 3.08. The molecule has 0 bridgehead atoms. The SMILES string of the molecule is COc1cc(C)ccc1CN(C)[C@@H]1C[C@@H]2CC(=O)N(C)C[C@@H]2C1. The Morgan fingerprint density at radius 3 is 2.78 bits per heavy atom. The van der Waals surface area contributed by atoms with Crippen molar-refractivity contribution in [2.75, 3.05) is 27.7 Å². The average Bonchev–Trinajstić information content (AvgIpc) is 2.92. The second kappa shape index (κ2) is 6.52. The summed E-state index contributed by atoms with van der Waals surface area (Å²) in [4.78, 5) is 16.3. The van der Waals surface area contributed by atoms with E-state index >= 15 is 0 Å². The topological polar surface area (TPSA) is 32.8 Å². The molecule has 1 aliphatic carbocycles. The molecule has 0 unspecified atom stereocenters. The number of ether oxygens (including phenoxy) is 1. The zero-order valence-electron chi connectivity index (χ0n) is 14.7. The van der Waals surface area contributed by atoms with Gasteiger partial charge in [0.15, 0.2) is 0 Å². The molecule has 0 radical (unpaired) electrons. The molecule has 3 atom stereocenters. The van der Waals surface area contributed by atoms with Crippen molar-refractivity contribution in [2.24, 2.45) is 11.8 Å². The minimum Gasteiger partial charge on any atom is -0.496 e. The molecule has 1 saturated carbocycles. The first-order valence-electron chi connectivity index (χ1n) is 8.55. The van der Waals surface area contributed by atoms with Crippen LogP contribution in [-0.4, -0.2) is 49.5 Å². The van der Waals surface area contributed by atoms with Gasteiger partial charge in [-0.2, -0.15) is 0 Å². The average molecular weight is 316 g/mol. The molecule has 1 aromatic rings. The molecule has 1 heterocycles. The van der Waals surface area contributed by atoms with Gasteiger partial charge in [-0.15, -0.1) is 0 Å². The number of hydrogen-bond donors (Lipinski definition) is 0. The summed E-state index contributed by atoms with van der Waals surface area (Å²) in [7, 11) is 5.88. The number of amides is 1. The third-order valence-electron chi connectivity index (χ3n) is 5.67. The van der Waals surface area contributed by atoms with Gasteiger partial charge in [0, 0.05) is 38.2 Å². The van der Waals surface area contributed by atoms with E-state index in [1.807, 2.05) is 11.9 Å². The number of carbonyl (C=O) groups excluding carboxylic acids is 1. The smallest absolute Gasteiger partial charge is 0.222 e. The highest BCUT2D eigenvalue weighted by molar-refractivity contribution is 5.77. The van der Waals surface area contributed by atoms with Gasteiger partial charge in [0.2, 0.25) is 5.91 Å². The first-order valence-corrected chi connectivity index (χ1v) is 8.55. The van der Waals surface area contributed by atoms with E-state index in [4.69, 9.17) is 4.74 Å². The Labute approximate surface area is 139 Å². The van der Waals surface area contributed by atoms with Crippen LogP contribution in [0.5, 0.6) is 5.75 Å². The van der Waals surface area contributed by atoms with Crippen LogP contribution in [0.2, 0.25) is 0 Å². The quantitative estimate of drug-likeness (QED) is 0.856. The summed E-state index contributed by atoms with van der Waals surface area (Å²) in [5.41, 5.74) is 2.46. The van der Waals surface area contributed by atoms with E-state index in [0.29, 0.717) is 23.8 Å². The molecule has 0 spiro atoms. The van der Waals surface area contributed by atoms with E-state index in [1.165, 1.54) is 17.5 Å². The predicted molar refractivity (Wildman–Crippen MR) is 91.5 cm³/mol. The Bertz CT molecular complexity index is 587. The van der Waals surface area contributed by atoms with Gasteiger partial charge in [0.05, 0.1) is 7.11 Å². The van der Waals surface area contributed by atoms with Crippen molar-refractivity contribution in [1.29, 1.82) is 0 Å². The maximum atomic E-state index is 11.9. The molecule has 1 aliphatic heterocycles. The lowest BCUT2D eigenvalue weighted by molar-refractivity contribution is -0.134. The Hall–Kier alpha value is -1.55. The standard InChI is InChI=1S/C19H28N2O2/c1-13-5-6-14(18(7-13)23-4)11-20(2)17-8-15-10-19(22)21(3)12-16(15)9-17/h5-7,15-17H,8-12H2,1-4H3/t15-,16+,17-/m1/s1. The van der Waals surface area contributed by atoms with Gasteiger partial charge < -0.3 is 9.64 Å². The van der Waals surface area contributed by atoms with Crippen molar-refractivity contribution in [3.05, 3.63) is 29.3 Å². The number of hydrogen-bond acceptors (Lipinski definition) is 3. The fourth-order valence-electron chi connectivity index (χ4n) is 4.23. The van der Waals surface area contributed by atoms with E-state index in [0.717, 1.165) is 31.7 Å². The summed E-state index contributed by atoms with van der Waals surface area (Å²) in [6.45, 7) is 3.92. The van der Waals surface area contributed by atoms with Crippen molar-refractivity contribution >= 4 is 5.91 Å². The third kappa shape index (κ3) is 3.37. The predicted octanol–water partition coefficient (Wildman–Crippen LogP) is 2.69.